The maximum Gasteiger partial charge on any atom is 0.251 e. The highest BCUT2D eigenvalue weighted by Gasteiger charge is 2.30. The predicted molar refractivity (Wildman–Crippen MR) is 83.4 cm³/mol. The normalized spacial score (nSPS) is 18.4. The van der Waals surface area contributed by atoms with Crippen LogP contribution in [0.3, 0.4) is 0 Å². The molecule has 0 radical (unpaired) electrons. The first-order chi connectivity index (χ1) is 9.56. The summed E-state index contributed by atoms with van der Waals surface area (Å²) in [5.41, 5.74) is 2.50. The van der Waals surface area contributed by atoms with Crippen LogP contribution in [0.2, 0.25) is 0 Å². The van der Waals surface area contributed by atoms with Gasteiger partial charge < -0.3 is 10.2 Å². The van der Waals surface area contributed by atoms with E-state index in [4.69, 9.17) is 0 Å². The maximum atomic E-state index is 12.0. The van der Waals surface area contributed by atoms with E-state index in [1.165, 1.54) is 0 Å². The molecule has 1 aliphatic heterocycles. The first kappa shape index (κ1) is 15.0. The van der Waals surface area contributed by atoms with E-state index in [2.05, 4.69) is 21.2 Å². The number of nitrogens with zero attached hydrogens (tertiary/aromatic N) is 1. The largest absolute Gasteiger partial charge is 0.352 e. The molecule has 2 amide bonds. The Morgan fingerprint density at radius 2 is 2.25 bits per heavy atom. The Morgan fingerprint density at radius 3 is 2.80 bits per heavy atom. The van der Waals surface area contributed by atoms with Crippen molar-refractivity contribution in [3.63, 3.8) is 0 Å². The number of alkyl halides is 1. The lowest BCUT2D eigenvalue weighted by atomic mass is 10.1. The molecule has 1 aliphatic rings. The van der Waals surface area contributed by atoms with Gasteiger partial charge in [0.2, 0.25) is 5.91 Å². The average molecular weight is 339 g/mol. The molecule has 0 spiro atoms. The highest BCUT2D eigenvalue weighted by molar-refractivity contribution is 9.09. The first-order valence-electron chi connectivity index (χ1n) is 6.82. The Kier molecular flexibility index (Phi) is 4.81. The fraction of sp³-hybridized carbons (Fsp3) is 0.467. The molecule has 0 saturated carbocycles. The number of carbonyl (C=O) groups excluding carboxylic acids is 2. The van der Waals surface area contributed by atoms with Gasteiger partial charge in [-0.15, -0.1) is 0 Å². The van der Waals surface area contributed by atoms with E-state index in [1.807, 2.05) is 30.9 Å². The zero-order valence-electron chi connectivity index (χ0n) is 11.8. The van der Waals surface area contributed by atoms with Crippen molar-refractivity contribution in [2.75, 3.05) is 23.3 Å². The van der Waals surface area contributed by atoms with Crippen molar-refractivity contribution in [3.05, 3.63) is 29.3 Å². The molecule has 1 unspecified atom stereocenters. The molecule has 1 heterocycles. The van der Waals surface area contributed by atoms with Crippen LogP contribution in [0.1, 0.15) is 29.3 Å². The van der Waals surface area contributed by atoms with Crippen molar-refractivity contribution in [1.29, 1.82) is 0 Å². The summed E-state index contributed by atoms with van der Waals surface area (Å²) in [7, 11) is 0. The Bertz CT molecular complexity index is 531. The standard InChI is InChI=1S/C15H19BrN2O2/c1-3-17-15(20)12-4-5-13(10(2)6-12)18-9-11(8-16)7-14(18)19/h4-6,11H,3,7-9H2,1-2H3,(H,17,20). The van der Waals surface area contributed by atoms with Crippen LogP contribution in [0.4, 0.5) is 5.69 Å². The van der Waals surface area contributed by atoms with Gasteiger partial charge >= 0.3 is 0 Å². The van der Waals surface area contributed by atoms with Crippen molar-refractivity contribution >= 4 is 33.4 Å². The van der Waals surface area contributed by atoms with Gasteiger partial charge in [-0.2, -0.15) is 0 Å². The summed E-state index contributed by atoms with van der Waals surface area (Å²) >= 11 is 3.44. The number of rotatable bonds is 4. The first-order valence-corrected chi connectivity index (χ1v) is 7.94. The molecule has 108 valence electrons. The van der Waals surface area contributed by atoms with Gasteiger partial charge in [0.05, 0.1) is 0 Å². The molecule has 1 N–H and O–H groups in total. The van der Waals surface area contributed by atoms with Crippen LogP contribution < -0.4 is 10.2 Å². The molecule has 1 aromatic carbocycles. The Hall–Kier alpha value is -1.36. The van der Waals surface area contributed by atoms with Crippen molar-refractivity contribution in [1.82, 2.24) is 5.32 Å². The van der Waals surface area contributed by atoms with Crippen LogP contribution in [0.25, 0.3) is 0 Å². The van der Waals surface area contributed by atoms with Crippen LogP contribution in [0, 0.1) is 12.8 Å². The van der Waals surface area contributed by atoms with Gasteiger partial charge in [-0.1, -0.05) is 15.9 Å². The third-order valence-electron chi connectivity index (χ3n) is 3.51. The second-order valence-electron chi connectivity index (χ2n) is 5.09. The fourth-order valence-corrected chi connectivity index (χ4v) is 2.91. The van der Waals surface area contributed by atoms with Gasteiger partial charge in [0.25, 0.3) is 5.91 Å². The Morgan fingerprint density at radius 1 is 1.50 bits per heavy atom. The fourth-order valence-electron chi connectivity index (χ4n) is 2.48. The number of halogens is 1. The number of aryl methyl sites for hydroxylation is 1. The lowest BCUT2D eigenvalue weighted by Gasteiger charge is -2.19. The lowest BCUT2D eigenvalue weighted by Crippen LogP contribution is -2.26. The minimum absolute atomic E-state index is 0.0757. The van der Waals surface area contributed by atoms with Crippen LogP contribution in [-0.2, 0) is 4.79 Å². The van der Waals surface area contributed by atoms with Crippen LogP contribution in [0.5, 0.6) is 0 Å². The minimum Gasteiger partial charge on any atom is -0.352 e. The van der Waals surface area contributed by atoms with E-state index in [0.717, 1.165) is 23.1 Å². The van der Waals surface area contributed by atoms with Gasteiger partial charge in [-0.3, -0.25) is 9.59 Å². The Labute approximate surface area is 127 Å². The smallest absolute Gasteiger partial charge is 0.251 e. The number of nitrogens with one attached hydrogen (secondary N) is 1. The highest BCUT2D eigenvalue weighted by Crippen LogP contribution is 2.29. The summed E-state index contributed by atoms with van der Waals surface area (Å²) in [6.07, 6.45) is 0.586. The summed E-state index contributed by atoms with van der Waals surface area (Å²) in [5, 5.41) is 3.62. The molecule has 0 bridgehead atoms. The summed E-state index contributed by atoms with van der Waals surface area (Å²) in [6, 6.07) is 5.49. The summed E-state index contributed by atoms with van der Waals surface area (Å²) < 4.78 is 0. The number of hydrogen-bond donors (Lipinski definition) is 1. The monoisotopic (exact) mass is 338 g/mol. The van der Waals surface area contributed by atoms with E-state index >= 15 is 0 Å². The second-order valence-corrected chi connectivity index (χ2v) is 5.74. The van der Waals surface area contributed by atoms with Gasteiger partial charge in [0.1, 0.15) is 0 Å². The molecule has 5 heteroatoms. The van der Waals surface area contributed by atoms with Gasteiger partial charge in [0.15, 0.2) is 0 Å². The molecule has 4 nitrogen and oxygen atoms in total. The topological polar surface area (TPSA) is 49.4 Å². The van der Waals surface area contributed by atoms with Crippen LogP contribution in [-0.4, -0.2) is 30.2 Å². The molecular formula is C15H19BrN2O2. The van der Waals surface area contributed by atoms with Crippen molar-refractivity contribution < 1.29 is 9.59 Å². The third-order valence-corrected chi connectivity index (χ3v) is 4.43. The van der Waals surface area contributed by atoms with E-state index in [9.17, 15) is 9.59 Å². The predicted octanol–water partition coefficient (Wildman–Crippen LogP) is 2.49. The molecule has 0 aromatic heterocycles. The van der Waals surface area contributed by atoms with Gasteiger partial charge in [-0.05, 0) is 43.5 Å². The molecule has 20 heavy (non-hydrogen) atoms. The molecular weight excluding hydrogens is 320 g/mol. The third kappa shape index (κ3) is 3.03. The van der Waals surface area contributed by atoms with Crippen molar-refractivity contribution in [2.24, 2.45) is 5.92 Å². The quantitative estimate of drug-likeness (QED) is 0.857. The van der Waals surface area contributed by atoms with E-state index in [1.54, 1.807) is 6.07 Å². The zero-order chi connectivity index (χ0) is 14.7. The minimum atomic E-state index is -0.0757. The number of hydrogen-bond acceptors (Lipinski definition) is 2. The van der Waals surface area contributed by atoms with Gasteiger partial charge in [-0.25, -0.2) is 0 Å². The summed E-state index contributed by atoms with van der Waals surface area (Å²) in [5.74, 6) is 0.446. The SMILES string of the molecule is CCNC(=O)c1ccc(N2CC(CBr)CC2=O)c(C)c1. The average Bonchev–Trinajstić information content (AvgIpc) is 2.80. The Balaban J connectivity index is 2.22. The zero-order valence-corrected chi connectivity index (χ0v) is 13.4. The van der Waals surface area contributed by atoms with Crippen LogP contribution in [0.15, 0.2) is 18.2 Å². The van der Waals surface area contributed by atoms with Crippen molar-refractivity contribution in [3.8, 4) is 0 Å². The van der Waals surface area contributed by atoms with Crippen molar-refractivity contribution in [2.45, 2.75) is 20.3 Å². The number of carbonyl (C=O) groups is 2. The highest BCUT2D eigenvalue weighted by atomic mass is 79.9. The van der Waals surface area contributed by atoms with Crippen LogP contribution >= 0.6 is 15.9 Å². The molecule has 2 rings (SSSR count). The lowest BCUT2D eigenvalue weighted by molar-refractivity contribution is -0.117. The number of amides is 2. The second kappa shape index (κ2) is 6.39. The molecule has 1 aromatic rings. The summed E-state index contributed by atoms with van der Waals surface area (Å²) in [4.78, 5) is 25.7. The number of benzene rings is 1. The summed E-state index contributed by atoms with van der Waals surface area (Å²) in [6.45, 7) is 5.18. The molecule has 1 atom stereocenters. The van der Waals surface area contributed by atoms with E-state index < -0.39 is 0 Å². The maximum absolute atomic E-state index is 12.0. The van der Waals surface area contributed by atoms with E-state index in [0.29, 0.717) is 24.4 Å². The van der Waals surface area contributed by atoms with E-state index in [-0.39, 0.29) is 11.8 Å². The molecule has 1 saturated heterocycles. The molecule has 1 fully saturated rings. The van der Waals surface area contributed by atoms with Gasteiger partial charge in [0, 0.05) is 36.1 Å². The number of anilines is 1. The molecule has 0 aliphatic carbocycles.